The Hall–Kier alpha value is -1.52. The van der Waals surface area contributed by atoms with Crippen molar-refractivity contribution in [3.8, 4) is 0 Å². The molecule has 2 aromatic rings. The molecule has 3 N–H and O–H groups in total. The highest BCUT2D eigenvalue weighted by molar-refractivity contribution is 5.88. The van der Waals surface area contributed by atoms with E-state index in [4.69, 9.17) is 0 Å². The minimum atomic E-state index is 0.614. The molecule has 2 aliphatic rings. The molecule has 2 heterocycles. The fourth-order valence-corrected chi connectivity index (χ4v) is 4.14. The Morgan fingerprint density at radius 1 is 1.13 bits per heavy atom. The van der Waals surface area contributed by atoms with E-state index in [1.165, 1.54) is 60.2 Å². The Labute approximate surface area is 138 Å². The highest BCUT2D eigenvalue weighted by Gasteiger charge is 2.22. The Bertz CT molecular complexity index is 682. The Morgan fingerprint density at radius 3 is 2.74 bits per heavy atom. The number of hydrogen-bond acceptors (Lipinski definition) is 3. The summed E-state index contributed by atoms with van der Waals surface area (Å²) in [5.74, 6) is 0. The molecule has 1 aliphatic carbocycles. The van der Waals surface area contributed by atoms with Crippen molar-refractivity contribution in [2.75, 3.05) is 32.5 Å². The molecule has 0 saturated carbocycles. The lowest BCUT2D eigenvalue weighted by atomic mass is 9.91. The first kappa shape index (κ1) is 15.0. The number of fused-ring (bicyclic) bond motifs is 3. The molecular formula is C19H28N4. The predicted octanol–water partition coefficient (Wildman–Crippen LogP) is 2.75. The molecule has 23 heavy (non-hydrogen) atoms. The number of aromatic amines is 1. The molecule has 0 radical (unpaired) electrons. The molecule has 124 valence electrons. The van der Waals surface area contributed by atoms with Crippen molar-refractivity contribution in [1.82, 2.24) is 15.2 Å². The minimum Gasteiger partial charge on any atom is -0.382 e. The average molecular weight is 312 g/mol. The quantitative estimate of drug-likeness (QED) is 0.816. The van der Waals surface area contributed by atoms with Crippen LogP contribution in [0.2, 0.25) is 0 Å². The van der Waals surface area contributed by atoms with E-state index < -0.39 is 0 Å². The number of H-pyrrole nitrogens is 1. The van der Waals surface area contributed by atoms with E-state index >= 15 is 0 Å². The predicted molar refractivity (Wildman–Crippen MR) is 97.3 cm³/mol. The van der Waals surface area contributed by atoms with Crippen LogP contribution in [0.25, 0.3) is 10.9 Å². The molecule has 4 nitrogen and oxygen atoms in total. The molecular weight excluding hydrogens is 284 g/mol. The molecule has 1 aliphatic heterocycles. The summed E-state index contributed by atoms with van der Waals surface area (Å²) < 4.78 is 0. The van der Waals surface area contributed by atoms with Gasteiger partial charge >= 0.3 is 0 Å². The first-order valence-electron chi connectivity index (χ1n) is 8.99. The van der Waals surface area contributed by atoms with Crippen LogP contribution in [0.3, 0.4) is 0 Å². The van der Waals surface area contributed by atoms with Crippen LogP contribution in [0.15, 0.2) is 18.2 Å². The van der Waals surface area contributed by atoms with Crippen LogP contribution in [-0.4, -0.2) is 49.2 Å². The van der Waals surface area contributed by atoms with Gasteiger partial charge in [-0.15, -0.1) is 0 Å². The number of aromatic nitrogens is 1. The molecule has 1 fully saturated rings. The number of nitrogens with one attached hydrogen (secondary N) is 3. The van der Waals surface area contributed by atoms with Gasteiger partial charge in [0, 0.05) is 34.4 Å². The van der Waals surface area contributed by atoms with Crippen molar-refractivity contribution >= 4 is 16.6 Å². The summed E-state index contributed by atoms with van der Waals surface area (Å²) in [6.45, 7) is 2.40. The normalized spacial score (nSPS) is 23.1. The van der Waals surface area contributed by atoms with Gasteiger partial charge in [-0.25, -0.2) is 0 Å². The second kappa shape index (κ2) is 6.17. The van der Waals surface area contributed by atoms with Crippen LogP contribution < -0.4 is 10.6 Å². The number of likely N-dealkylation sites (N-methyl/N-ethyl adjacent to an activating group) is 1. The maximum Gasteiger partial charge on any atom is 0.0460 e. The van der Waals surface area contributed by atoms with Gasteiger partial charge in [0.25, 0.3) is 0 Å². The molecule has 1 unspecified atom stereocenters. The maximum absolute atomic E-state index is 3.76. The Balaban J connectivity index is 1.58. The Morgan fingerprint density at radius 2 is 1.96 bits per heavy atom. The lowest BCUT2D eigenvalue weighted by Gasteiger charge is -2.30. The van der Waals surface area contributed by atoms with E-state index in [2.05, 4.69) is 52.8 Å². The summed E-state index contributed by atoms with van der Waals surface area (Å²) in [5.41, 5.74) is 5.54. The van der Waals surface area contributed by atoms with Crippen molar-refractivity contribution < 1.29 is 0 Å². The summed E-state index contributed by atoms with van der Waals surface area (Å²) in [5, 5.41) is 8.62. The highest BCUT2D eigenvalue weighted by Crippen LogP contribution is 2.31. The van der Waals surface area contributed by atoms with Crippen molar-refractivity contribution in [3.63, 3.8) is 0 Å². The number of piperidine rings is 1. The van der Waals surface area contributed by atoms with E-state index in [1.54, 1.807) is 0 Å². The van der Waals surface area contributed by atoms with E-state index in [9.17, 15) is 0 Å². The third-order valence-corrected chi connectivity index (χ3v) is 5.69. The SMILES string of the molecule is CNC1CCc2[nH]c3ccc(NC4CCN(C)CC4)cc3c2C1. The zero-order chi connectivity index (χ0) is 15.8. The van der Waals surface area contributed by atoms with E-state index in [-0.39, 0.29) is 0 Å². The molecule has 1 aromatic carbocycles. The second-order valence-electron chi connectivity index (χ2n) is 7.29. The standard InChI is InChI=1S/C19H28N4/c1-20-14-3-5-18-16(11-14)17-12-15(4-6-19(17)22-18)21-13-7-9-23(2)10-8-13/h4,6,12-14,20-22H,3,5,7-11H2,1-2H3. The number of aryl methyl sites for hydroxylation is 1. The van der Waals surface area contributed by atoms with Crippen molar-refractivity contribution in [1.29, 1.82) is 0 Å². The number of nitrogens with zero attached hydrogens (tertiary/aromatic N) is 1. The fourth-order valence-electron chi connectivity index (χ4n) is 4.14. The summed E-state index contributed by atoms with van der Waals surface area (Å²) in [6, 6.07) is 8.08. The van der Waals surface area contributed by atoms with Gasteiger partial charge in [-0.05, 0) is 83.1 Å². The van der Waals surface area contributed by atoms with Crippen molar-refractivity contribution in [2.45, 2.75) is 44.2 Å². The van der Waals surface area contributed by atoms with Crippen LogP contribution in [0.5, 0.6) is 0 Å². The monoisotopic (exact) mass is 312 g/mol. The first-order valence-corrected chi connectivity index (χ1v) is 8.99. The van der Waals surface area contributed by atoms with Gasteiger partial charge < -0.3 is 20.5 Å². The minimum absolute atomic E-state index is 0.614. The van der Waals surface area contributed by atoms with Crippen LogP contribution in [0.1, 0.15) is 30.5 Å². The Kier molecular flexibility index (Phi) is 4.04. The molecule has 1 saturated heterocycles. The van der Waals surface area contributed by atoms with Gasteiger partial charge in [0.15, 0.2) is 0 Å². The number of hydrogen-bond donors (Lipinski definition) is 3. The van der Waals surface area contributed by atoms with Crippen LogP contribution in [-0.2, 0) is 12.8 Å². The van der Waals surface area contributed by atoms with Gasteiger partial charge in [0.05, 0.1) is 0 Å². The van der Waals surface area contributed by atoms with Crippen LogP contribution in [0.4, 0.5) is 5.69 Å². The number of anilines is 1. The van der Waals surface area contributed by atoms with Gasteiger partial charge in [0.1, 0.15) is 0 Å². The third kappa shape index (κ3) is 2.98. The molecule has 1 aromatic heterocycles. The molecule has 1 atom stereocenters. The molecule has 4 heteroatoms. The summed E-state index contributed by atoms with van der Waals surface area (Å²) in [4.78, 5) is 6.05. The molecule has 4 rings (SSSR count). The van der Waals surface area contributed by atoms with E-state index in [0.717, 1.165) is 12.8 Å². The first-order chi connectivity index (χ1) is 11.2. The summed E-state index contributed by atoms with van der Waals surface area (Å²) in [6.07, 6.45) is 6.01. The van der Waals surface area contributed by atoms with Crippen LogP contribution in [0, 0.1) is 0 Å². The smallest absolute Gasteiger partial charge is 0.0460 e. The fraction of sp³-hybridized carbons (Fsp3) is 0.579. The third-order valence-electron chi connectivity index (χ3n) is 5.69. The van der Waals surface area contributed by atoms with Gasteiger partial charge in [0.2, 0.25) is 0 Å². The average Bonchev–Trinajstić information content (AvgIpc) is 2.94. The number of benzene rings is 1. The second-order valence-corrected chi connectivity index (χ2v) is 7.29. The molecule has 0 bridgehead atoms. The zero-order valence-electron chi connectivity index (χ0n) is 14.3. The van der Waals surface area contributed by atoms with Crippen LogP contribution >= 0.6 is 0 Å². The number of rotatable bonds is 3. The molecule has 0 spiro atoms. The summed E-state index contributed by atoms with van der Waals surface area (Å²) in [7, 11) is 4.30. The lowest BCUT2D eigenvalue weighted by molar-refractivity contribution is 0.264. The number of likely N-dealkylation sites (tertiary alicyclic amines) is 1. The van der Waals surface area contributed by atoms with Crippen molar-refractivity contribution in [3.05, 3.63) is 29.5 Å². The maximum atomic E-state index is 3.76. The molecule has 0 amide bonds. The van der Waals surface area contributed by atoms with E-state index in [0.29, 0.717) is 12.1 Å². The zero-order valence-corrected chi connectivity index (χ0v) is 14.3. The summed E-state index contributed by atoms with van der Waals surface area (Å²) >= 11 is 0. The largest absolute Gasteiger partial charge is 0.382 e. The van der Waals surface area contributed by atoms with Gasteiger partial charge in [-0.1, -0.05) is 0 Å². The lowest BCUT2D eigenvalue weighted by Crippen LogP contribution is -2.36. The van der Waals surface area contributed by atoms with Gasteiger partial charge in [-0.2, -0.15) is 0 Å². The van der Waals surface area contributed by atoms with Gasteiger partial charge in [-0.3, -0.25) is 0 Å². The topological polar surface area (TPSA) is 43.1 Å². The highest BCUT2D eigenvalue weighted by atomic mass is 15.1. The van der Waals surface area contributed by atoms with Crippen molar-refractivity contribution in [2.24, 2.45) is 0 Å². The van der Waals surface area contributed by atoms with E-state index in [1.807, 2.05) is 0 Å².